The summed E-state index contributed by atoms with van der Waals surface area (Å²) in [6.07, 6.45) is 1.71. The molecule has 1 rings (SSSR count). The van der Waals surface area contributed by atoms with Gasteiger partial charge in [0.1, 0.15) is 0 Å². The van der Waals surface area contributed by atoms with Gasteiger partial charge in [0.05, 0.1) is 0 Å². The SMILES string of the molecule is O=C(O)C=CC(=O)Nc1ccc(Cl)cc1.[H-].[Na+]. The van der Waals surface area contributed by atoms with Crippen LogP contribution in [0, 0.1) is 0 Å². The summed E-state index contributed by atoms with van der Waals surface area (Å²) in [6.45, 7) is 0. The van der Waals surface area contributed by atoms with E-state index >= 15 is 0 Å². The van der Waals surface area contributed by atoms with Crippen LogP contribution >= 0.6 is 11.6 Å². The average molecular weight is 250 g/mol. The second-order valence-electron chi connectivity index (χ2n) is 2.67. The number of amides is 1. The molecule has 0 bridgehead atoms. The van der Waals surface area contributed by atoms with E-state index in [1.807, 2.05) is 0 Å². The molecule has 0 aliphatic heterocycles. The average Bonchev–Trinajstić information content (AvgIpc) is 2.19. The molecule has 0 aromatic heterocycles. The normalized spacial score (nSPS) is 9.56. The zero-order valence-electron chi connectivity index (χ0n) is 9.61. The fourth-order valence-electron chi connectivity index (χ4n) is 0.864. The zero-order valence-corrected chi connectivity index (χ0v) is 11.4. The molecule has 0 heterocycles. The third kappa shape index (κ3) is 5.92. The Balaban J connectivity index is 0. The molecule has 0 unspecified atom stereocenters. The fourth-order valence-corrected chi connectivity index (χ4v) is 0.990. The number of hydrogen-bond acceptors (Lipinski definition) is 2. The largest absolute Gasteiger partial charge is 1.00 e. The van der Waals surface area contributed by atoms with Gasteiger partial charge in [-0.3, -0.25) is 4.79 Å². The first kappa shape index (κ1) is 15.2. The summed E-state index contributed by atoms with van der Waals surface area (Å²) >= 11 is 5.65. The number of carbonyl (C=O) groups excluding carboxylic acids is 1. The van der Waals surface area contributed by atoms with E-state index in [1.165, 1.54) is 0 Å². The summed E-state index contributed by atoms with van der Waals surface area (Å²) < 4.78 is 0. The number of carbonyl (C=O) groups is 2. The molecular formula is C10H9ClNNaO3. The Morgan fingerprint density at radius 2 is 1.81 bits per heavy atom. The quantitative estimate of drug-likeness (QED) is 0.535. The maximum absolute atomic E-state index is 11.1. The molecule has 0 radical (unpaired) electrons. The number of benzene rings is 1. The Kier molecular flexibility index (Phi) is 7.08. The van der Waals surface area contributed by atoms with Crippen LogP contribution in [0.2, 0.25) is 5.02 Å². The van der Waals surface area contributed by atoms with Crippen molar-refractivity contribution in [2.75, 3.05) is 5.32 Å². The number of carboxylic acids is 1. The molecule has 0 fully saturated rings. The van der Waals surface area contributed by atoms with E-state index in [0.717, 1.165) is 12.2 Å². The number of nitrogens with one attached hydrogen (secondary N) is 1. The van der Waals surface area contributed by atoms with Crippen molar-refractivity contribution < 1.29 is 45.7 Å². The summed E-state index contributed by atoms with van der Waals surface area (Å²) in [4.78, 5) is 21.2. The molecular weight excluding hydrogens is 241 g/mol. The van der Waals surface area contributed by atoms with Crippen molar-refractivity contribution in [1.29, 1.82) is 0 Å². The molecule has 16 heavy (non-hydrogen) atoms. The Hall–Kier alpha value is -0.810. The molecule has 0 aliphatic rings. The first-order chi connectivity index (χ1) is 7.08. The molecule has 1 amide bonds. The van der Waals surface area contributed by atoms with Crippen LogP contribution in [0.15, 0.2) is 36.4 Å². The van der Waals surface area contributed by atoms with Crippen molar-refractivity contribution in [2.45, 2.75) is 0 Å². The van der Waals surface area contributed by atoms with E-state index in [4.69, 9.17) is 16.7 Å². The van der Waals surface area contributed by atoms with Crippen LogP contribution in [0.25, 0.3) is 0 Å². The van der Waals surface area contributed by atoms with E-state index in [9.17, 15) is 9.59 Å². The van der Waals surface area contributed by atoms with Crippen molar-refractivity contribution in [3.63, 3.8) is 0 Å². The molecule has 1 aromatic carbocycles. The number of hydrogen-bond donors (Lipinski definition) is 2. The van der Waals surface area contributed by atoms with Crippen LogP contribution in [0.3, 0.4) is 0 Å². The smallest absolute Gasteiger partial charge is 1.00 e. The summed E-state index contributed by atoms with van der Waals surface area (Å²) in [7, 11) is 0. The van der Waals surface area contributed by atoms with Gasteiger partial charge in [-0.2, -0.15) is 0 Å². The number of carboxylic acid groups (broad SMARTS) is 1. The van der Waals surface area contributed by atoms with Gasteiger partial charge < -0.3 is 11.8 Å². The molecule has 0 aliphatic carbocycles. The second-order valence-corrected chi connectivity index (χ2v) is 3.10. The Morgan fingerprint density at radius 1 is 1.25 bits per heavy atom. The summed E-state index contributed by atoms with van der Waals surface area (Å²) in [6, 6.07) is 6.49. The van der Waals surface area contributed by atoms with E-state index < -0.39 is 11.9 Å². The van der Waals surface area contributed by atoms with Crippen molar-refractivity contribution in [1.82, 2.24) is 0 Å². The van der Waals surface area contributed by atoms with Crippen LogP contribution in [0.5, 0.6) is 0 Å². The summed E-state index contributed by atoms with van der Waals surface area (Å²) in [5.74, 6) is -1.67. The van der Waals surface area contributed by atoms with Crippen LogP contribution in [0.4, 0.5) is 5.69 Å². The van der Waals surface area contributed by atoms with Crippen molar-refractivity contribution in [2.24, 2.45) is 0 Å². The van der Waals surface area contributed by atoms with E-state index in [-0.39, 0.29) is 31.0 Å². The Morgan fingerprint density at radius 3 is 2.31 bits per heavy atom. The maximum atomic E-state index is 11.1. The minimum atomic E-state index is -1.17. The Bertz CT molecular complexity index is 409. The van der Waals surface area contributed by atoms with Gasteiger partial charge in [0.15, 0.2) is 0 Å². The standard InChI is InChI=1S/C10H8ClNO3.Na.H/c11-7-1-3-8(4-2-7)12-9(13)5-6-10(14)15;;/h1-6H,(H,12,13)(H,14,15);;/q;+1;-1. The maximum Gasteiger partial charge on any atom is 1.00 e. The summed E-state index contributed by atoms with van der Waals surface area (Å²) in [5, 5.41) is 11.3. The third-order valence-corrected chi connectivity index (χ3v) is 1.74. The van der Waals surface area contributed by atoms with Crippen molar-refractivity contribution in [3.05, 3.63) is 41.4 Å². The van der Waals surface area contributed by atoms with Crippen molar-refractivity contribution >= 4 is 29.2 Å². The van der Waals surface area contributed by atoms with Crippen LogP contribution in [-0.2, 0) is 9.59 Å². The minimum Gasteiger partial charge on any atom is -1.00 e. The first-order valence-electron chi connectivity index (χ1n) is 4.05. The molecule has 0 saturated heterocycles. The van der Waals surface area contributed by atoms with Crippen LogP contribution < -0.4 is 34.9 Å². The Labute approximate surface area is 121 Å². The van der Waals surface area contributed by atoms with Crippen LogP contribution in [0.1, 0.15) is 1.43 Å². The first-order valence-corrected chi connectivity index (χ1v) is 4.43. The van der Waals surface area contributed by atoms with Gasteiger partial charge >= 0.3 is 35.5 Å². The summed E-state index contributed by atoms with van der Waals surface area (Å²) in [5.41, 5.74) is 0.555. The van der Waals surface area contributed by atoms with Gasteiger partial charge in [-0.25, -0.2) is 4.79 Å². The van der Waals surface area contributed by atoms with E-state index in [0.29, 0.717) is 10.7 Å². The van der Waals surface area contributed by atoms with E-state index in [2.05, 4.69) is 5.32 Å². The topological polar surface area (TPSA) is 66.4 Å². The van der Waals surface area contributed by atoms with Crippen LogP contribution in [-0.4, -0.2) is 17.0 Å². The third-order valence-electron chi connectivity index (χ3n) is 1.49. The van der Waals surface area contributed by atoms with Gasteiger partial charge in [-0.05, 0) is 24.3 Å². The van der Waals surface area contributed by atoms with Gasteiger partial charge in [-0.15, -0.1) is 0 Å². The number of anilines is 1. The van der Waals surface area contributed by atoms with E-state index in [1.54, 1.807) is 24.3 Å². The molecule has 4 nitrogen and oxygen atoms in total. The zero-order chi connectivity index (χ0) is 11.3. The molecule has 1 aromatic rings. The molecule has 0 saturated carbocycles. The molecule has 0 atom stereocenters. The molecule has 0 spiro atoms. The predicted molar refractivity (Wildman–Crippen MR) is 58.0 cm³/mol. The fraction of sp³-hybridized carbons (Fsp3) is 0. The van der Waals surface area contributed by atoms with Gasteiger partial charge in [0, 0.05) is 22.9 Å². The molecule has 6 heteroatoms. The monoisotopic (exact) mass is 249 g/mol. The number of aliphatic carboxylic acids is 1. The van der Waals surface area contributed by atoms with Gasteiger partial charge in [0.25, 0.3) is 0 Å². The predicted octanol–water partition coefficient (Wildman–Crippen LogP) is -0.964. The minimum absolute atomic E-state index is 0. The molecule has 80 valence electrons. The number of halogens is 1. The number of rotatable bonds is 3. The molecule has 2 N–H and O–H groups in total. The van der Waals surface area contributed by atoms with Crippen molar-refractivity contribution in [3.8, 4) is 0 Å². The second kappa shape index (κ2) is 7.46. The van der Waals surface area contributed by atoms with Gasteiger partial charge in [-0.1, -0.05) is 11.6 Å². The van der Waals surface area contributed by atoms with Gasteiger partial charge in [0.2, 0.25) is 5.91 Å².